The number of pyridine rings is 1. The second-order valence-corrected chi connectivity index (χ2v) is 4.83. The second-order valence-electron chi connectivity index (χ2n) is 4.83. The Bertz CT molecular complexity index is 819. The van der Waals surface area contributed by atoms with Crippen molar-refractivity contribution in [2.45, 2.75) is 6.18 Å². The average Bonchev–Trinajstić information content (AvgIpc) is 2.87. The highest BCUT2D eigenvalue weighted by Gasteiger charge is 2.32. The molecule has 0 fully saturated rings. The maximum atomic E-state index is 13.5. The molecular formula is C16H15F4N3O. The molecule has 2 aromatic rings. The lowest BCUT2D eigenvalue weighted by molar-refractivity contribution is -0.137. The van der Waals surface area contributed by atoms with E-state index in [0.29, 0.717) is 0 Å². The quantitative estimate of drug-likeness (QED) is 0.468. The first-order valence-corrected chi connectivity index (χ1v) is 6.85. The SMILES string of the molecule is C=C/C=C\C(OC)=C(/CF)c1nc2cc(C(F)(F)F)cnc2n1C. The van der Waals surface area contributed by atoms with Gasteiger partial charge in [-0.1, -0.05) is 18.7 Å². The van der Waals surface area contributed by atoms with Gasteiger partial charge in [0.1, 0.15) is 23.8 Å². The molecule has 0 aliphatic rings. The molecule has 0 spiro atoms. The van der Waals surface area contributed by atoms with Gasteiger partial charge in [-0.05, 0) is 12.1 Å². The largest absolute Gasteiger partial charge is 0.496 e. The maximum absolute atomic E-state index is 13.5. The van der Waals surface area contributed by atoms with Crippen LogP contribution in [0.2, 0.25) is 0 Å². The van der Waals surface area contributed by atoms with Crippen molar-refractivity contribution >= 4 is 16.7 Å². The Morgan fingerprint density at radius 2 is 2.12 bits per heavy atom. The van der Waals surface area contributed by atoms with Crippen LogP contribution < -0.4 is 0 Å². The molecule has 2 aromatic heterocycles. The summed E-state index contributed by atoms with van der Waals surface area (Å²) >= 11 is 0. The topological polar surface area (TPSA) is 39.9 Å². The van der Waals surface area contributed by atoms with E-state index < -0.39 is 18.4 Å². The lowest BCUT2D eigenvalue weighted by Crippen LogP contribution is -2.05. The van der Waals surface area contributed by atoms with Gasteiger partial charge in [0.25, 0.3) is 0 Å². The van der Waals surface area contributed by atoms with Crippen LogP contribution in [0.5, 0.6) is 0 Å². The van der Waals surface area contributed by atoms with Crippen LogP contribution >= 0.6 is 0 Å². The number of ether oxygens (including phenoxy) is 1. The minimum atomic E-state index is -4.53. The molecule has 0 radical (unpaired) electrons. The molecule has 0 unspecified atom stereocenters. The van der Waals surface area contributed by atoms with Crippen LogP contribution in [0.3, 0.4) is 0 Å². The highest BCUT2D eigenvalue weighted by Crippen LogP contribution is 2.31. The molecule has 0 aromatic carbocycles. The number of aromatic nitrogens is 3. The van der Waals surface area contributed by atoms with Crippen molar-refractivity contribution in [3.05, 3.63) is 54.2 Å². The molecule has 4 nitrogen and oxygen atoms in total. The van der Waals surface area contributed by atoms with E-state index in [1.807, 2.05) is 0 Å². The number of fused-ring (bicyclic) bond motifs is 1. The number of nitrogens with zero attached hydrogens (tertiary/aromatic N) is 3. The summed E-state index contributed by atoms with van der Waals surface area (Å²) < 4.78 is 58.5. The Morgan fingerprint density at radius 1 is 1.42 bits per heavy atom. The Labute approximate surface area is 135 Å². The molecule has 2 heterocycles. The third-order valence-electron chi connectivity index (χ3n) is 3.34. The Morgan fingerprint density at radius 3 is 2.67 bits per heavy atom. The van der Waals surface area contributed by atoms with Crippen molar-refractivity contribution in [1.82, 2.24) is 14.5 Å². The van der Waals surface area contributed by atoms with Crippen LogP contribution in [0.15, 0.2) is 42.8 Å². The first kappa shape index (κ1) is 17.7. The van der Waals surface area contributed by atoms with Crippen molar-refractivity contribution < 1.29 is 22.3 Å². The Hall–Kier alpha value is -2.64. The summed E-state index contributed by atoms with van der Waals surface area (Å²) in [6, 6.07) is 0.883. The number of aryl methyl sites for hydroxylation is 1. The lowest BCUT2D eigenvalue weighted by atomic mass is 10.2. The molecular weight excluding hydrogens is 326 g/mol. The van der Waals surface area contributed by atoms with Crippen LogP contribution in [0.1, 0.15) is 11.4 Å². The van der Waals surface area contributed by atoms with Crippen LogP contribution in [0.25, 0.3) is 16.7 Å². The molecule has 0 amide bonds. The van der Waals surface area contributed by atoms with Crippen LogP contribution in [-0.2, 0) is 18.0 Å². The molecule has 0 N–H and O–H groups in total. The summed E-state index contributed by atoms with van der Waals surface area (Å²) in [6.45, 7) is 2.60. The second kappa shape index (κ2) is 6.86. The van der Waals surface area contributed by atoms with E-state index in [-0.39, 0.29) is 28.3 Å². The van der Waals surface area contributed by atoms with Crippen LogP contribution in [0, 0.1) is 0 Å². The van der Waals surface area contributed by atoms with Gasteiger partial charge < -0.3 is 9.30 Å². The van der Waals surface area contributed by atoms with Crippen LogP contribution in [0.4, 0.5) is 17.6 Å². The minimum Gasteiger partial charge on any atom is -0.496 e. The molecule has 0 saturated carbocycles. The fraction of sp³-hybridized carbons (Fsp3) is 0.250. The number of allylic oxidation sites excluding steroid dienone is 4. The summed E-state index contributed by atoms with van der Waals surface area (Å²) in [6.07, 6.45) is 0.734. The number of halogens is 4. The third-order valence-corrected chi connectivity index (χ3v) is 3.34. The standard InChI is InChI=1S/C16H15F4N3O/c1-4-5-6-13(24-3)11(8-17)14-22-12-7-10(16(18,19)20)9-21-15(12)23(14)2/h4-7,9H,1,8H2,2-3H3/b6-5-,13-11-. The zero-order valence-electron chi connectivity index (χ0n) is 13.1. The van der Waals surface area contributed by atoms with Gasteiger partial charge in [0, 0.05) is 13.2 Å². The van der Waals surface area contributed by atoms with E-state index in [0.717, 1.165) is 12.3 Å². The van der Waals surface area contributed by atoms with E-state index in [4.69, 9.17) is 4.74 Å². The van der Waals surface area contributed by atoms with Crippen molar-refractivity contribution in [3.63, 3.8) is 0 Å². The molecule has 0 aliphatic carbocycles. The molecule has 0 bridgehead atoms. The molecule has 0 saturated heterocycles. The van der Waals surface area contributed by atoms with Gasteiger partial charge in [0.2, 0.25) is 0 Å². The first-order chi connectivity index (χ1) is 11.3. The van der Waals surface area contributed by atoms with Gasteiger partial charge in [0.15, 0.2) is 5.65 Å². The summed E-state index contributed by atoms with van der Waals surface area (Å²) in [5.74, 6) is 0.344. The fourth-order valence-corrected chi connectivity index (χ4v) is 2.18. The maximum Gasteiger partial charge on any atom is 0.417 e. The van der Waals surface area contributed by atoms with Gasteiger partial charge in [-0.15, -0.1) is 0 Å². The molecule has 24 heavy (non-hydrogen) atoms. The summed E-state index contributed by atoms with van der Waals surface area (Å²) in [7, 11) is 2.91. The van der Waals surface area contributed by atoms with Gasteiger partial charge in [-0.2, -0.15) is 13.2 Å². The van der Waals surface area contributed by atoms with Gasteiger partial charge >= 0.3 is 6.18 Å². The highest BCUT2D eigenvalue weighted by molar-refractivity contribution is 5.78. The van der Waals surface area contributed by atoms with Crippen molar-refractivity contribution in [2.75, 3.05) is 13.8 Å². The van der Waals surface area contributed by atoms with E-state index in [1.165, 1.54) is 23.8 Å². The number of imidazole rings is 1. The predicted octanol–water partition coefficient (Wildman–Crippen LogP) is 4.06. The number of alkyl halides is 4. The van der Waals surface area contributed by atoms with Crippen molar-refractivity contribution in [3.8, 4) is 0 Å². The van der Waals surface area contributed by atoms with E-state index in [1.54, 1.807) is 13.1 Å². The van der Waals surface area contributed by atoms with E-state index >= 15 is 0 Å². The molecule has 8 heteroatoms. The monoisotopic (exact) mass is 341 g/mol. The molecule has 128 valence electrons. The number of hydrogen-bond acceptors (Lipinski definition) is 3. The van der Waals surface area contributed by atoms with Gasteiger partial charge in [-0.3, -0.25) is 0 Å². The zero-order chi connectivity index (χ0) is 17.9. The number of rotatable bonds is 5. The number of methoxy groups -OCH3 is 1. The normalized spacial score (nSPS) is 13.4. The smallest absolute Gasteiger partial charge is 0.417 e. The molecule has 2 rings (SSSR count). The summed E-state index contributed by atoms with van der Waals surface area (Å²) in [5, 5.41) is 0. The van der Waals surface area contributed by atoms with Gasteiger partial charge in [-0.25, -0.2) is 14.4 Å². The number of hydrogen-bond donors (Lipinski definition) is 0. The fourth-order valence-electron chi connectivity index (χ4n) is 2.18. The van der Waals surface area contributed by atoms with Crippen molar-refractivity contribution in [2.24, 2.45) is 7.05 Å². The summed E-state index contributed by atoms with van der Waals surface area (Å²) in [5.41, 5.74) is -0.572. The summed E-state index contributed by atoms with van der Waals surface area (Å²) in [4.78, 5) is 7.89. The zero-order valence-corrected chi connectivity index (χ0v) is 13.1. The Balaban J connectivity index is 2.67. The van der Waals surface area contributed by atoms with Crippen molar-refractivity contribution in [1.29, 1.82) is 0 Å². The molecule has 0 atom stereocenters. The van der Waals surface area contributed by atoms with Gasteiger partial charge in [0.05, 0.1) is 18.2 Å². The average molecular weight is 341 g/mol. The molecule has 0 aliphatic heterocycles. The van der Waals surface area contributed by atoms with E-state index in [2.05, 4.69) is 16.5 Å². The minimum absolute atomic E-state index is 0.0245. The predicted molar refractivity (Wildman–Crippen MR) is 82.8 cm³/mol. The third kappa shape index (κ3) is 3.32. The highest BCUT2D eigenvalue weighted by atomic mass is 19.4. The first-order valence-electron chi connectivity index (χ1n) is 6.85. The van der Waals surface area contributed by atoms with E-state index in [9.17, 15) is 17.6 Å². The Kier molecular flexibility index (Phi) is 5.06. The van der Waals surface area contributed by atoms with Crippen LogP contribution in [-0.4, -0.2) is 28.3 Å². The lowest BCUT2D eigenvalue weighted by Gasteiger charge is -2.08.